The summed E-state index contributed by atoms with van der Waals surface area (Å²) in [6, 6.07) is 13.7. The van der Waals surface area contributed by atoms with E-state index in [1.807, 2.05) is 38.1 Å². The molecule has 0 unspecified atom stereocenters. The van der Waals surface area contributed by atoms with Crippen LogP contribution in [-0.2, 0) is 27.7 Å². The minimum Gasteiger partial charge on any atom is -0.462 e. The summed E-state index contributed by atoms with van der Waals surface area (Å²) < 4.78 is 32.9. The lowest BCUT2D eigenvalue weighted by molar-refractivity contribution is 0.0527. The van der Waals surface area contributed by atoms with E-state index in [1.165, 1.54) is 45.5 Å². The van der Waals surface area contributed by atoms with Crippen LogP contribution in [-0.4, -0.2) is 37.8 Å². The molecule has 1 N–H and O–H groups in total. The predicted octanol–water partition coefficient (Wildman–Crippen LogP) is 4.54. The van der Waals surface area contributed by atoms with Crippen molar-refractivity contribution in [3.63, 3.8) is 0 Å². The number of hydrogen-bond acceptors (Lipinski definition) is 6. The highest BCUT2D eigenvalue weighted by molar-refractivity contribution is 7.89. The second-order valence-electron chi connectivity index (χ2n) is 8.04. The molecule has 0 saturated carbocycles. The summed E-state index contributed by atoms with van der Waals surface area (Å²) >= 11 is 1.30. The summed E-state index contributed by atoms with van der Waals surface area (Å²) in [5, 5.41) is 3.20. The number of sulfonamides is 1. The molecule has 2 aromatic carbocycles. The van der Waals surface area contributed by atoms with Crippen LogP contribution in [0, 0.1) is 13.8 Å². The van der Waals surface area contributed by atoms with Crippen LogP contribution in [0.25, 0.3) is 0 Å². The van der Waals surface area contributed by atoms with E-state index in [0.29, 0.717) is 35.6 Å². The highest BCUT2D eigenvalue weighted by Crippen LogP contribution is 2.33. The third-order valence-corrected chi connectivity index (χ3v) is 8.92. The Morgan fingerprint density at radius 1 is 1.06 bits per heavy atom. The molecule has 2 heterocycles. The maximum absolute atomic E-state index is 13.2. The van der Waals surface area contributed by atoms with E-state index in [1.54, 1.807) is 6.92 Å². The number of carbonyl (C=O) groups excluding carboxylic acids is 2. The maximum Gasteiger partial charge on any atom is 0.341 e. The number of nitrogens with one attached hydrogen (secondary N) is 1. The zero-order valence-electron chi connectivity index (χ0n) is 19.3. The number of ether oxygens (including phenoxy) is 1. The Morgan fingerprint density at radius 3 is 2.41 bits per heavy atom. The van der Waals surface area contributed by atoms with Crippen LogP contribution >= 0.6 is 11.3 Å². The quantitative estimate of drug-likeness (QED) is 0.504. The summed E-state index contributed by atoms with van der Waals surface area (Å²) in [4.78, 5) is 26.3. The molecule has 7 nitrogen and oxygen atoms in total. The number of thiophene rings is 1. The van der Waals surface area contributed by atoms with Crippen LogP contribution in [0.4, 0.5) is 5.00 Å². The standard InChI is InChI=1S/C25H26N2O5S2/c1-4-32-25(29)22-16(2)17(3)33-24(22)26-23(28)19-9-11-21(12-10-19)34(30,31)27-14-13-18-7-5-6-8-20(18)15-27/h5-12H,4,13-15H2,1-3H3,(H,26,28). The molecular formula is C25H26N2O5S2. The molecule has 1 aliphatic rings. The number of aryl methyl sites for hydroxylation is 1. The van der Waals surface area contributed by atoms with E-state index >= 15 is 0 Å². The maximum atomic E-state index is 13.2. The van der Waals surface area contributed by atoms with Crippen molar-refractivity contribution in [1.82, 2.24) is 4.31 Å². The second kappa shape index (κ2) is 9.69. The van der Waals surface area contributed by atoms with Gasteiger partial charge in [-0.1, -0.05) is 24.3 Å². The van der Waals surface area contributed by atoms with E-state index in [9.17, 15) is 18.0 Å². The number of carbonyl (C=O) groups is 2. The number of anilines is 1. The lowest BCUT2D eigenvalue weighted by atomic mass is 10.0. The Bertz CT molecular complexity index is 1340. The molecule has 0 aliphatic carbocycles. The monoisotopic (exact) mass is 498 g/mol. The predicted molar refractivity (Wildman–Crippen MR) is 132 cm³/mol. The Hall–Kier alpha value is -3.01. The van der Waals surface area contributed by atoms with Crippen LogP contribution in [0.1, 0.15) is 49.2 Å². The summed E-state index contributed by atoms with van der Waals surface area (Å²) in [6.45, 7) is 6.38. The highest BCUT2D eigenvalue weighted by Gasteiger charge is 2.28. The topological polar surface area (TPSA) is 92.8 Å². The molecule has 0 bridgehead atoms. The van der Waals surface area contributed by atoms with Crippen molar-refractivity contribution in [2.45, 2.75) is 38.6 Å². The van der Waals surface area contributed by atoms with Gasteiger partial charge in [-0.2, -0.15) is 4.31 Å². The molecule has 0 spiro atoms. The minimum absolute atomic E-state index is 0.137. The Labute approximate surface area is 203 Å². The van der Waals surface area contributed by atoms with E-state index in [4.69, 9.17) is 4.74 Å². The smallest absolute Gasteiger partial charge is 0.341 e. The van der Waals surface area contributed by atoms with E-state index < -0.39 is 21.9 Å². The van der Waals surface area contributed by atoms with Crippen molar-refractivity contribution in [1.29, 1.82) is 0 Å². The fourth-order valence-corrected chi connectivity index (χ4v) is 6.40. The number of hydrogen-bond donors (Lipinski definition) is 1. The third-order valence-electron chi connectivity index (χ3n) is 5.94. The second-order valence-corrected chi connectivity index (χ2v) is 11.2. The first-order chi connectivity index (χ1) is 16.2. The van der Waals surface area contributed by atoms with Gasteiger partial charge in [0.1, 0.15) is 5.00 Å². The van der Waals surface area contributed by atoms with E-state index in [0.717, 1.165) is 16.0 Å². The van der Waals surface area contributed by atoms with Gasteiger partial charge in [-0.05, 0) is 68.1 Å². The lowest BCUT2D eigenvalue weighted by Gasteiger charge is -2.28. The molecule has 0 fully saturated rings. The first-order valence-electron chi connectivity index (χ1n) is 11.0. The molecule has 9 heteroatoms. The number of benzene rings is 2. The Kier molecular flexibility index (Phi) is 6.88. The van der Waals surface area contributed by atoms with Crippen LogP contribution in [0.15, 0.2) is 53.4 Å². The Morgan fingerprint density at radius 2 is 1.74 bits per heavy atom. The SMILES string of the molecule is CCOC(=O)c1c(NC(=O)c2ccc(S(=O)(=O)N3CCc4ccccc4C3)cc2)sc(C)c1C. The highest BCUT2D eigenvalue weighted by atomic mass is 32.2. The summed E-state index contributed by atoms with van der Waals surface area (Å²) in [5.41, 5.74) is 3.58. The molecular weight excluding hydrogens is 472 g/mol. The minimum atomic E-state index is -3.69. The van der Waals surface area contributed by atoms with Gasteiger partial charge in [0.05, 0.1) is 17.1 Å². The van der Waals surface area contributed by atoms with Crippen molar-refractivity contribution in [2.24, 2.45) is 0 Å². The Balaban J connectivity index is 1.52. The van der Waals surface area contributed by atoms with E-state index in [2.05, 4.69) is 5.32 Å². The van der Waals surface area contributed by atoms with Crippen LogP contribution in [0.2, 0.25) is 0 Å². The average Bonchev–Trinajstić information content (AvgIpc) is 3.11. The van der Waals surface area contributed by atoms with Crippen LogP contribution in [0.5, 0.6) is 0 Å². The van der Waals surface area contributed by atoms with Gasteiger partial charge in [0.25, 0.3) is 5.91 Å². The largest absolute Gasteiger partial charge is 0.462 e. The van der Waals surface area contributed by atoms with Gasteiger partial charge in [0.2, 0.25) is 10.0 Å². The van der Waals surface area contributed by atoms with Crippen molar-refractivity contribution in [3.05, 3.63) is 81.2 Å². The average molecular weight is 499 g/mol. The summed E-state index contributed by atoms with van der Waals surface area (Å²) in [6.07, 6.45) is 0.665. The number of fused-ring (bicyclic) bond motifs is 1. The van der Waals surface area contributed by atoms with E-state index in [-0.39, 0.29) is 11.5 Å². The summed E-state index contributed by atoms with van der Waals surface area (Å²) in [5.74, 6) is -0.910. The number of rotatable bonds is 6. The molecule has 1 aliphatic heterocycles. The number of esters is 1. The number of nitrogens with zero attached hydrogens (tertiary/aromatic N) is 1. The van der Waals surface area contributed by atoms with Gasteiger partial charge in [-0.25, -0.2) is 13.2 Å². The first-order valence-corrected chi connectivity index (χ1v) is 13.2. The van der Waals surface area contributed by atoms with Crippen LogP contribution < -0.4 is 5.32 Å². The van der Waals surface area contributed by atoms with Gasteiger partial charge < -0.3 is 10.1 Å². The summed E-state index contributed by atoms with van der Waals surface area (Å²) in [7, 11) is -3.69. The van der Waals surface area contributed by atoms with Gasteiger partial charge in [-0.3, -0.25) is 4.79 Å². The molecule has 4 rings (SSSR count). The van der Waals surface area contributed by atoms with Crippen molar-refractivity contribution in [3.8, 4) is 0 Å². The van der Waals surface area contributed by atoms with Crippen LogP contribution in [0.3, 0.4) is 0 Å². The fraction of sp³-hybridized carbons (Fsp3) is 0.280. The molecule has 0 radical (unpaired) electrons. The lowest BCUT2D eigenvalue weighted by Crippen LogP contribution is -2.35. The zero-order chi connectivity index (χ0) is 24.5. The fourth-order valence-electron chi connectivity index (χ4n) is 3.94. The molecule has 1 aromatic heterocycles. The zero-order valence-corrected chi connectivity index (χ0v) is 20.9. The molecule has 34 heavy (non-hydrogen) atoms. The molecule has 0 atom stereocenters. The van der Waals surface area contributed by atoms with Gasteiger partial charge in [0, 0.05) is 23.5 Å². The number of amides is 1. The molecule has 0 saturated heterocycles. The van der Waals surface area contributed by atoms with Gasteiger partial charge in [0.15, 0.2) is 0 Å². The third kappa shape index (κ3) is 4.64. The first kappa shape index (κ1) is 24.1. The van der Waals surface area contributed by atoms with Crippen molar-refractivity contribution >= 4 is 38.2 Å². The van der Waals surface area contributed by atoms with Gasteiger partial charge >= 0.3 is 5.97 Å². The van der Waals surface area contributed by atoms with Crippen molar-refractivity contribution < 1.29 is 22.7 Å². The van der Waals surface area contributed by atoms with Gasteiger partial charge in [-0.15, -0.1) is 11.3 Å². The normalized spacial score (nSPS) is 13.9. The van der Waals surface area contributed by atoms with Crippen molar-refractivity contribution in [2.75, 3.05) is 18.5 Å². The molecule has 178 valence electrons. The molecule has 3 aromatic rings. The molecule has 1 amide bonds.